The van der Waals surface area contributed by atoms with Crippen LogP contribution in [-0.2, 0) is 11.2 Å². The molecule has 0 aromatic heterocycles. The number of rotatable bonds is 1. The molecule has 3 aliphatic rings. The van der Waals surface area contributed by atoms with Gasteiger partial charge in [0.05, 0.1) is 0 Å². The van der Waals surface area contributed by atoms with Gasteiger partial charge in [0, 0.05) is 37.9 Å². The molecular formula is C23H35N3O3. The van der Waals surface area contributed by atoms with Crippen molar-refractivity contribution in [2.75, 3.05) is 31.9 Å². The van der Waals surface area contributed by atoms with Crippen molar-refractivity contribution < 1.29 is 14.3 Å². The van der Waals surface area contributed by atoms with Crippen LogP contribution in [0.3, 0.4) is 0 Å². The fourth-order valence-corrected chi connectivity index (χ4v) is 4.93. The molecule has 0 aliphatic carbocycles. The predicted octanol–water partition coefficient (Wildman–Crippen LogP) is 3.83. The minimum atomic E-state index is -0.431. The molecule has 160 valence electrons. The Kier molecular flexibility index (Phi) is 5.40. The predicted molar refractivity (Wildman–Crippen MR) is 114 cm³/mol. The summed E-state index contributed by atoms with van der Waals surface area (Å²) in [5, 5.41) is 0. The van der Waals surface area contributed by atoms with Gasteiger partial charge in [-0.3, -0.25) is 4.90 Å². The second-order valence-electron chi connectivity index (χ2n) is 9.89. The zero-order valence-electron chi connectivity index (χ0n) is 18.1. The standard InChI is InChI=1S/C23H35N3O3/c1-22(2,3)29-21(27)26-12-7-19(8-13-26)25-14-10-23(11-15-25)9-6-17-16-18(24)4-5-20(17)28-23/h4-5,16,19H,6-15,24H2,1-3H3. The zero-order chi connectivity index (χ0) is 20.6. The number of likely N-dealkylation sites (tertiary alicyclic amines) is 2. The van der Waals surface area contributed by atoms with E-state index in [-0.39, 0.29) is 11.7 Å². The van der Waals surface area contributed by atoms with Crippen molar-refractivity contribution >= 4 is 11.8 Å². The molecule has 1 aromatic rings. The molecule has 2 saturated heterocycles. The van der Waals surface area contributed by atoms with E-state index in [0.717, 1.165) is 76.1 Å². The van der Waals surface area contributed by atoms with Gasteiger partial charge in [-0.15, -0.1) is 0 Å². The number of piperidine rings is 2. The van der Waals surface area contributed by atoms with Crippen LogP contribution in [0.25, 0.3) is 0 Å². The number of nitrogen functional groups attached to an aromatic ring is 1. The van der Waals surface area contributed by atoms with Crippen molar-refractivity contribution in [1.82, 2.24) is 9.80 Å². The number of ether oxygens (including phenoxy) is 2. The molecular weight excluding hydrogens is 366 g/mol. The summed E-state index contributed by atoms with van der Waals surface area (Å²) >= 11 is 0. The van der Waals surface area contributed by atoms with Crippen LogP contribution < -0.4 is 10.5 Å². The number of amides is 1. The highest BCUT2D eigenvalue weighted by atomic mass is 16.6. The van der Waals surface area contributed by atoms with E-state index in [1.54, 1.807) is 0 Å². The quantitative estimate of drug-likeness (QED) is 0.725. The summed E-state index contributed by atoms with van der Waals surface area (Å²) in [4.78, 5) is 16.8. The maximum absolute atomic E-state index is 12.3. The lowest BCUT2D eigenvalue weighted by molar-refractivity contribution is -0.0332. The Morgan fingerprint density at radius 2 is 1.83 bits per heavy atom. The fraction of sp³-hybridized carbons (Fsp3) is 0.696. The van der Waals surface area contributed by atoms with E-state index in [1.165, 1.54) is 5.56 Å². The summed E-state index contributed by atoms with van der Waals surface area (Å²) in [6.45, 7) is 9.47. The van der Waals surface area contributed by atoms with Gasteiger partial charge in [-0.25, -0.2) is 4.79 Å². The third-order valence-electron chi connectivity index (χ3n) is 6.60. The van der Waals surface area contributed by atoms with Gasteiger partial charge in [-0.1, -0.05) is 0 Å². The van der Waals surface area contributed by atoms with Gasteiger partial charge >= 0.3 is 6.09 Å². The van der Waals surface area contributed by atoms with Gasteiger partial charge in [0.1, 0.15) is 17.0 Å². The Morgan fingerprint density at radius 1 is 1.14 bits per heavy atom. The summed E-state index contributed by atoms with van der Waals surface area (Å²) in [7, 11) is 0. The van der Waals surface area contributed by atoms with Crippen molar-refractivity contribution in [2.45, 2.75) is 76.5 Å². The van der Waals surface area contributed by atoms with Crippen molar-refractivity contribution in [2.24, 2.45) is 0 Å². The minimum Gasteiger partial charge on any atom is -0.487 e. The van der Waals surface area contributed by atoms with Crippen molar-refractivity contribution in [1.29, 1.82) is 0 Å². The lowest BCUT2D eigenvalue weighted by Crippen LogP contribution is -2.54. The SMILES string of the molecule is CC(C)(C)OC(=O)N1CCC(N2CCC3(CCc4cc(N)ccc4O3)CC2)CC1. The summed E-state index contributed by atoms with van der Waals surface area (Å²) in [5.74, 6) is 1.02. The number of anilines is 1. The third kappa shape index (κ3) is 4.63. The monoisotopic (exact) mass is 401 g/mol. The minimum absolute atomic E-state index is 0.0170. The van der Waals surface area contributed by atoms with Crippen LogP contribution in [0.2, 0.25) is 0 Å². The maximum atomic E-state index is 12.3. The average molecular weight is 402 g/mol. The molecule has 0 bridgehead atoms. The first kappa shape index (κ1) is 20.3. The molecule has 1 amide bonds. The van der Waals surface area contributed by atoms with E-state index in [2.05, 4.69) is 11.0 Å². The van der Waals surface area contributed by atoms with Crippen LogP contribution in [0.5, 0.6) is 5.75 Å². The molecule has 6 heteroatoms. The Labute approximate surface area is 174 Å². The molecule has 2 fully saturated rings. The fourth-order valence-electron chi connectivity index (χ4n) is 4.93. The maximum Gasteiger partial charge on any atom is 0.410 e. The van der Waals surface area contributed by atoms with Crippen LogP contribution in [0.15, 0.2) is 18.2 Å². The highest BCUT2D eigenvalue weighted by Gasteiger charge is 2.41. The molecule has 0 saturated carbocycles. The van der Waals surface area contributed by atoms with Crippen LogP contribution >= 0.6 is 0 Å². The first-order valence-electron chi connectivity index (χ1n) is 11.0. The van der Waals surface area contributed by atoms with E-state index in [9.17, 15) is 4.79 Å². The Balaban J connectivity index is 1.28. The normalized spacial score (nSPS) is 22.8. The molecule has 29 heavy (non-hydrogen) atoms. The number of hydrogen-bond acceptors (Lipinski definition) is 5. The number of carbonyl (C=O) groups is 1. The van der Waals surface area contributed by atoms with Crippen LogP contribution in [0.4, 0.5) is 10.5 Å². The van der Waals surface area contributed by atoms with Crippen molar-refractivity contribution in [3.05, 3.63) is 23.8 Å². The molecule has 3 heterocycles. The second-order valence-corrected chi connectivity index (χ2v) is 9.89. The molecule has 0 unspecified atom stereocenters. The Hall–Kier alpha value is -1.95. The van der Waals surface area contributed by atoms with Gasteiger partial charge < -0.3 is 20.1 Å². The number of aryl methyl sites for hydroxylation is 1. The molecule has 4 rings (SSSR count). The molecule has 1 aromatic carbocycles. The third-order valence-corrected chi connectivity index (χ3v) is 6.60. The lowest BCUT2D eigenvalue weighted by Gasteiger charge is -2.47. The number of hydrogen-bond donors (Lipinski definition) is 1. The van der Waals surface area contributed by atoms with Crippen molar-refractivity contribution in [3.8, 4) is 5.75 Å². The van der Waals surface area contributed by atoms with Gasteiger partial charge in [0.15, 0.2) is 0 Å². The Morgan fingerprint density at radius 3 is 2.48 bits per heavy atom. The van der Waals surface area contributed by atoms with E-state index < -0.39 is 5.60 Å². The summed E-state index contributed by atoms with van der Waals surface area (Å²) in [5.41, 5.74) is 7.53. The van der Waals surface area contributed by atoms with Crippen LogP contribution in [0.1, 0.15) is 58.4 Å². The van der Waals surface area contributed by atoms with Crippen LogP contribution in [-0.4, -0.2) is 59.3 Å². The van der Waals surface area contributed by atoms with Crippen molar-refractivity contribution in [3.63, 3.8) is 0 Å². The van der Waals surface area contributed by atoms with E-state index in [1.807, 2.05) is 37.8 Å². The summed E-state index contributed by atoms with van der Waals surface area (Å²) in [6.07, 6.45) is 6.14. The summed E-state index contributed by atoms with van der Waals surface area (Å²) in [6, 6.07) is 6.58. The smallest absolute Gasteiger partial charge is 0.410 e. The first-order valence-corrected chi connectivity index (χ1v) is 11.0. The number of nitrogens with two attached hydrogens (primary N) is 1. The highest BCUT2D eigenvalue weighted by Crippen LogP contribution is 2.40. The Bertz CT molecular complexity index is 742. The van der Waals surface area contributed by atoms with Crippen LogP contribution in [0, 0.1) is 0 Å². The van der Waals surface area contributed by atoms with E-state index in [4.69, 9.17) is 15.2 Å². The number of fused-ring (bicyclic) bond motifs is 1. The molecule has 3 aliphatic heterocycles. The first-order chi connectivity index (χ1) is 13.7. The summed E-state index contributed by atoms with van der Waals surface area (Å²) < 4.78 is 12.0. The van der Waals surface area contributed by atoms with E-state index in [0.29, 0.717) is 6.04 Å². The molecule has 6 nitrogen and oxygen atoms in total. The molecule has 0 atom stereocenters. The van der Waals surface area contributed by atoms with Gasteiger partial charge in [-0.05, 0) is 83.1 Å². The van der Waals surface area contributed by atoms with Gasteiger partial charge in [-0.2, -0.15) is 0 Å². The average Bonchev–Trinajstić information content (AvgIpc) is 2.68. The van der Waals surface area contributed by atoms with Gasteiger partial charge in [0.25, 0.3) is 0 Å². The molecule has 2 N–H and O–H groups in total. The second kappa shape index (κ2) is 7.71. The molecule has 0 radical (unpaired) electrons. The zero-order valence-corrected chi connectivity index (χ0v) is 18.1. The molecule has 1 spiro atoms. The number of carbonyl (C=O) groups excluding carboxylic acids is 1. The topological polar surface area (TPSA) is 68.0 Å². The largest absolute Gasteiger partial charge is 0.487 e. The number of benzene rings is 1. The van der Waals surface area contributed by atoms with Gasteiger partial charge in [0.2, 0.25) is 0 Å². The van der Waals surface area contributed by atoms with E-state index >= 15 is 0 Å². The highest BCUT2D eigenvalue weighted by molar-refractivity contribution is 5.68. The number of nitrogens with zero attached hydrogens (tertiary/aromatic N) is 2. The lowest BCUT2D eigenvalue weighted by atomic mass is 9.82.